The van der Waals surface area contributed by atoms with Crippen molar-refractivity contribution < 1.29 is 9.47 Å². The van der Waals surface area contributed by atoms with Gasteiger partial charge >= 0.3 is 0 Å². The van der Waals surface area contributed by atoms with Gasteiger partial charge in [-0.1, -0.05) is 13.8 Å². The number of nitrogens with zero attached hydrogens (tertiary/aromatic N) is 1. The monoisotopic (exact) mass is 270 g/mol. The number of hydrogen-bond acceptors (Lipinski definition) is 4. The smallest absolute Gasteiger partial charge is 0.0951 e. The first-order valence-electron chi connectivity index (χ1n) is 7.63. The highest BCUT2D eigenvalue weighted by Crippen LogP contribution is 2.33. The molecule has 0 bridgehead atoms. The number of rotatable bonds is 5. The van der Waals surface area contributed by atoms with Gasteiger partial charge in [-0.25, -0.2) is 0 Å². The number of ether oxygens (including phenoxy) is 2. The van der Waals surface area contributed by atoms with Crippen molar-refractivity contribution in [3.05, 3.63) is 0 Å². The Morgan fingerprint density at radius 3 is 2.68 bits per heavy atom. The zero-order valence-corrected chi connectivity index (χ0v) is 12.9. The lowest BCUT2D eigenvalue weighted by Gasteiger charge is -2.40. The summed E-state index contributed by atoms with van der Waals surface area (Å²) in [5.74, 6) is 0.654. The molecule has 0 saturated carbocycles. The van der Waals surface area contributed by atoms with E-state index >= 15 is 0 Å². The molecule has 1 N–H and O–H groups in total. The highest BCUT2D eigenvalue weighted by atomic mass is 16.6. The van der Waals surface area contributed by atoms with E-state index in [4.69, 9.17) is 9.47 Å². The molecule has 0 radical (unpaired) electrons. The van der Waals surface area contributed by atoms with Crippen LogP contribution in [0.2, 0.25) is 0 Å². The molecule has 3 atom stereocenters. The van der Waals surface area contributed by atoms with E-state index in [2.05, 4.69) is 38.2 Å². The number of hydrogen-bond donors (Lipinski definition) is 1. The molecule has 3 unspecified atom stereocenters. The maximum atomic E-state index is 6.00. The molecule has 2 saturated heterocycles. The molecule has 1 spiro atoms. The minimum atomic E-state index is 0.00949. The van der Waals surface area contributed by atoms with Crippen LogP contribution in [0.3, 0.4) is 0 Å². The van der Waals surface area contributed by atoms with Crippen molar-refractivity contribution in [2.45, 2.75) is 50.8 Å². The van der Waals surface area contributed by atoms with Crippen molar-refractivity contribution in [3.63, 3.8) is 0 Å². The van der Waals surface area contributed by atoms with Crippen molar-refractivity contribution in [1.29, 1.82) is 0 Å². The van der Waals surface area contributed by atoms with Crippen LogP contribution in [0.4, 0.5) is 0 Å². The highest BCUT2D eigenvalue weighted by Gasteiger charge is 2.41. The molecule has 0 aromatic rings. The van der Waals surface area contributed by atoms with Crippen LogP contribution < -0.4 is 5.32 Å². The Bertz CT molecular complexity index is 275. The van der Waals surface area contributed by atoms with Gasteiger partial charge in [-0.3, -0.25) is 0 Å². The summed E-state index contributed by atoms with van der Waals surface area (Å²) >= 11 is 0. The minimum Gasteiger partial charge on any atom is -0.378 e. The van der Waals surface area contributed by atoms with Gasteiger partial charge in [-0.2, -0.15) is 0 Å². The van der Waals surface area contributed by atoms with Crippen molar-refractivity contribution in [2.24, 2.45) is 5.92 Å². The van der Waals surface area contributed by atoms with Crippen LogP contribution in [0, 0.1) is 5.92 Å². The molecule has 0 aromatic heterocycles. The Morgan fingerprint density at radius 2 is 2.11 bits per heavy atom. The molecule has 4 heteroatoms. The molecule has 0 aliphatic carbocycles. The lowest BCUT2D eigenvalue weighted by atomic mass is 9.88. The average molecular weight is 270 g/mol. The van der Waals surface area contributed by atoms with E-state index in [0.29, 0.717) is 18.0 Å². The first-order chi connectivity index (χ1) is 9.01. The molecule has 2 fully saturated rings. The molecule has 2 rings (SSSR count). The second kappa shape index (κ2) is 6.53. The summed E-state index contributed by atoms with van der Waals surface area (Å²) in [6.07, 6.45) is 3.28. The summed E-state index contributed by atoms with van der Waals surface area (Å²) in [5, 5.41) is 3.86. The zero-order valence-electron chi connectivity index (χ0n) is 12.9. The molecule has 2 aliphatic rings. The molecular formula is C15H30N2O2. The fraction of sp³-hybridized carbons (Fsp3) is 1.00. The van der Waals surface area contributed by atoms with Crippen LogP contribution in [-0.2, 0) is 9.47 Å². The highest BCUT2D eigenvalue weighted by molar-refractivity contribution is 4.94. The van der Waals surface area contributed by atoms with Gasteiger partial charge in [0.2, 0.25) is 0 Å². The SMILES string of the molecule is CC(C)C(CN(C)C)NC1CCOC2(CCOC2)C1. The summed E-state index contributed by atoms with van der Waals surface area (Å²) in [5.41, 5.74) is 0.00949. The quantitative estimate of drug-likeness (QED) is 0.821. The largest absolute Gasteiger partial charge is 0.378 e. The first-order valence-corrected chi connectivity index (χ1v) is 7.63. The predicted octanol–water partition coefficient (Wildman–Crippen LogP) is 1.50. The summed E-state index contributed by atoms with van der Waals surface area (Å²) in [6.45, 7) is 8.21. The van der Waals surface area contributed by atoms with Gasteiger partial charge in [-0.15, -0.1) is 0 Å². The Labute approximate surface area is 117 Å². The summed E-state index contributed by atoms with van der Waals surface area (Å²) in [7, 11) is 4.29. The van der Waals surface area contributed by atoms with Crippen LogP contribution in [0.25, 0.3) is 0 Å². The molecule has 0 amide bonds. The van der Waals surface area contributed by atoms with Gasteiger partial charge in [0, 0.05) is 38.3 Å². The fourth-order valence-corrected chi connectivity index (χ4v) is 3.19. The molecule has 112 valence electrons. The van der Waals surface area contributed by atoms with Gasteiger partial charge in [0.25, 0.3) is 0 Å². The Morgan fingerprint density at radius 1 is 1.32 bits per heavy atom. The first kappa shape index (κ1) is 15.2. The van der Waals surface area contributed by atoms with Gasteiger partial charge < -0.3 is 19.7 Å². The Hall–Kier alpha value is -0.160. The van der Waals surface area contributed by atoms with Crippen molar-refractivity contribution in [1.82, 2.24) is 10.2 Å². The van der Waals surface area contributed by atoms with Crippen LogP contribution in [0.15, 0.2) is 0 Å². The van der Waals surface area contributed by atoms with E-state index in [9.17, 15) is 0 Å². The van der Waals surface area contributed by atoms with Crippen LogP contribution in [-0.4, -0.2) is 63.0 Å². The number of likely N-dealkylation sites (N-methyl/N-ethyl adjacent to an activating group) is 1. The maximum absolute atomic E-state index is 6.00. The summed E-state index contributed by atoms with van der Waals surface area (Å²) in [4.78, 5) is 2.27. The molecule has 2 heterocycles. The standard InChI is InChI=1S/C15H30N2O2/c1-12(2)14(10-17(3)4)16-13-5-7-19-15(9-13)6-8-18-11-15/h12-14,16H,5-11H2,1-4H3. The van der Waals surface area contributed by atoms with E-state index < -0.39 is 0 Å². The molecule has 0 aromatic carbocycles. The van der Waals surface area contributed by atoms with Gasteiger partial charge in [0.15, 0.2) is 0 Å². The summed E-state index contributed by atoms with van der Waals surface area (Å²) < 4.78 is 11.5. The minimum absolute atomic E-state index is 0.00949. The van der Waals surface area contributed by atoms with Crippen molar-refractivity contribution in [2.75, 3.05) is 40.5 Å². The molecule has 19 heavy (non-hydrogen) atoms. The maximum Gasteiger partial charge on any atom is 0.0951 e. The van der Waals surface area contributed by atoms with E-state index in [1.54, 1.807) is 0 Å². The third-order valence-corrected chi connectivity index (χ3v) is 4.38. The van der Waals surface area contributed by atoms with Gasteiger partial charge in [0.05, 0.1) is 12.2 Å². The number of nitrogens with one attached hydrogen (secondary N) is 1. The fourth-order valence-electron chi connectivity index (χ4n) is 3.19. The topological polar surface area (TPSA) is 33.7 Å². The molecule has 2 aliphatic heterocycles. The van der Waals surface area contributed by atoms with E-state index in [1.165, 1.54) is 0 Å². The Kier molecular flexibility index (Phi) is 5.23. The third kappa shape index (κ3) is 4.15. The van der Waals surface area contributed by atoms with Crippen molar-refractivity contribution >= 4 is 0 Å². The van der Waals surface area contributed by atoms with Crippen molar-refractivity contribution in [3.8, 4) is 0 Å². The van der Waals surface area contributed by atoms with E-state index in [-0.39, 0.29) is 5.60 Å². The van der Waals surface area contributed by atoms with Crippen LogP contribution >= 0.6 is 0 Å². The van der Waals surface area contributed by atoms with E-state index in [1.807, 2.05) is 0 Å². The average Bonchev–Trinajstić information content (AvgIpc) is 2.76. The third-order valence-electron chi connectivity index (χ3n) is 4.38. The lowest BCUT2D eigenvalue weighted by Crippen LogP contribution is -2.53. The zero-order chi connectivity index (χ0) is 13.9. The summed E-state index contributed by atoms with van der Waals surface area (Å²) in [6, 6.07) is 1.13. The second-order valence-corrected chi connectivity index (χ2v) is 6.80. The van der Waals surface area contributed by atoms with E-state index in [0.717, 1.165) is 45.6 Å². The van der Waals surface area contributed by atoms with Gasteiger partial charge in [0.1, 0.15) is 0 Å². The van der Waals surface area contributed by atoms with Crippen LogP contribution in [0.5, 0.6) is 0 Å². The molecule has 4 nitrogen and oxygen atoms in total. The van der Waals surface area contributed by atoms with Gasteiger partial charge in [-0.05, 0) is 32.9 Å². The normalized spacial score (nSPS) is 33.5. The Balaban J connectivity index is 1.89. The predicted molar refractivity (Wildman–Crippen MR) is 77.5 cm³/mol. The van der Waals surface area contributed by atoms with Crippen LogP contribution in [0.1, 0.15) is 33.1 Å². The second-order valence-electron chi connectivity index (χ2n) is 6.80. The lowest BCUT2D eigenvalue weighted by molar-refractivity contribution is -0.0910. The molecular weight excluding hydrogens is 240 g/mol.